The Bertz CT molecular complexity index is 757. The second-order valence-corrected chi connectivity index (χ2v) is 7.73. The molecule has 1 unspecified atom stereocenters. The van der Waals surface area contributed by atoms with Crippen molar-refractivity contribution in [2.24, 2.45) is 0 Å². The fourth-order valence-corrected chi connectivity index (χ4v) is 4.37. The Labute approximate surface area is 154 Å². The number of aryl methyl sites for hydroxylation is 1. The summed E-state index contributed by atoms with van der Waals surface area (Å²) in [7, 11) is 0. The molecule has 9 heteroatoms. The Kier molecular flexibility index (Phi) is 5.74. The van der Waals surface area contributed by atoms with Gasteiger partial charge in [0, 0.05) is 11.4 Å². The van der Waals surface area contributed by atoms with Crippen LogP contribution >= 0.6 is 23.1 Å². The maximum absolute atomic E-state index is 12.4. The lowest BCUT2D eigenvalue weighted by Gasteiger charge is -2.23. The first kappa shape index (κ1) is 17.9. The standard InChI is InChI=1S/C16H21N5O2S2/c1-3-21-17-9-14(19-21)18-16(23)13-7-6-12(25-13)11-5-4-8-20(11)15(22)10-24-2/h6-7,9,11H,3-5,8,10H2,1-2H3,(H,18,19,23). The van der Waals surface area contributed by atoms with Crippen LogP contribution in [0.15, 0.2) is 18.3 Å². The van der Waals surface area contributed by atoms with Crippen LogP contribution in [0.1, 0.15) is 40.4 Å². The molecule has 2 aromatic rings. The van der Waals surface area contributed by atoms with E-state index in [9.17, 15) is 9.59 Å². The summed E-state index contributed by atoms with van der Waals surface area (Å²) < 4.78 is 0. The third-order valence-electron chi connectivity index (χ3n) is 4.08. The second-order valence-electron chi connectivity index (χ2n) is 5.75. The van der Waals surface area contributed by atoms with Crippen molar-refractivity contribution in [2.45, 2.75) is 32.4 Å². The fourth-order valence-electron chi connectivity index (χ4n) is 2.91. The molecular formula is C16H21N5O2S2. The van der Waals surface area contributed by atoms with E-state index in [4.69, 9.17) is 0 Å². The molecule has 1 aliphatic rings. The molecule has 0 saturated carbocycles. The van der Waals surface area contributed by atoms with Gasteiger partial charge in [0.1, 0.15) is 0 Å². The van der Waals surface area contributed by atoms with Crippen LogP contribution in [-0.2, 0) is 11.3 Å². The lowest BCUT2D eigenvalue weighted by molar-refractivity contribution is -0.129. The highest BCUT2D eigenvalue weighted by Crippen LogP contribution is 2.36. The van der Waals surface area contributed by atoms with Gasteiger partial charge in [0.15, 0.2) is 5.82 Å². The number of hydrogen-bond donors (Lipinski definition) is 1. The first-order valence-electron chi connectivity index (χ1n) is 8.22. The number of anilines is 1. The van der Waals surface area contributed by atoms with E-state index in [-0.39, 0.29) is 17.9 Å². The van der Waals surface area contributed by atoms with Gasteiger partial charge < -0.3 is 10.2 Å². The minimum atomic E-state index is -0.195. The van der Waals surface area contributed by atoms with Gasteiger partial charge >= 0.3 is 0 Å². The lowest BCUT2D eigenvalue weighted by Crippen LogP contribution is -2.31. The SMILES string of the molecule is CCn1ncc(NC(=O)c2ccc(C3CCCN3C(=O)CSC)s2)n1. The molecule has 1 fully saturated rings. The molecule has 0 aliphatic carbocycles. The van der Waals surface area contributed by atoms with Gasteiger partial charge in [-0.1, -0.05) is 0 Å². The van der Waals surface area contributed by atoms with Gasteiger partial charge in [0.2, 0.25) is 5.91 Å². The molecule has 134 valence electrons. The molecule has 2 aromatic heterocycles. The Morgan fingerprint density at radius 1 is 1.44 bits per heavy atom. The third-order valence-corrected chi connectivity index (χ3v) is 5.80. The number of hydrogen-bond acceptors (Lipinski definition) is 6. The topological polar surface area (TPSA) is 80.1 Å². The first-order valence-corrected chi connectivity index (χ1v) is 10.4. The van der Waals surface area contributed by atoms with Crippen molar-refractivity contribution in [1.29, 1.82) is 0 Å². The number of nitrogens with zero attached hydrogens (tertiary/aromatic N) is 4. The normalized spacial score (nSPS) is 17.0. The minimum Gasteiger partial charge on any atom is -0.334 e. The van der Waals surface area contributed by atoms with Crippen LogP contribution in [0.4, 0.5) is 5.82 Å². The number of rotatable bonds is 6. The van der Waals surface area contributed by atoms with Gasteiger partial charge in [0.05, 0.1) is 29.4 Å². The van der Waals surface area contributed by atoms with E-state index < -0.39 is 0 Å². The molecule has 0 spiro atoms. The van der Waals surface area contributed by atoms with E-state index in [2.05, 4.69) is 15.5 Å². The molecule has 3 heterocycles. The number of aromatic nitrogens is 3. The molecular weight excluding hydrogens is 358 g/mol. The van der Waals surface area contributed by atoms with Crippen molar-refractivity contribution in [3.8, 4) is 0 Å². The molecule has 7 nitrogen and oxygen atoms in total. The average molecular weight is 380 g/mol. The van der Waals surface area contributed by atoms with Crippen LogP contribution in [0.3, 0.4) is 0 Å². The summed E-state index contributed by atoms with van der Waals surface area (Å²) in [5.41, 5.74) is 0. The Morgan fingerprint density at radius 2 is 2.28 bits per heavy atom. The summed E-state index contributed by atoms with van der Waals surface area (Å²) in [6, 6.07) is 3.86. The molecule has 0 aromatic carbocycles. The lowest BCUT2D eigenvalue weighted by atomic mass is 10.2. The van der Waals surface area contributed by atoms with Crippen LogP contribution in [0.2, 0.25) is 0 Å². The highest BCUT2D eigenvalue weighted by molar-refractivity contribution is 7.99. The average Bonchev–Trinajstić information content (AvgIpc) is 3.34. The molecule has 3 rings (SSSR count). The van der Waals surface area contributed by atoms with E-state index >= 15 is 0 Å². The predicted molar refractivity (Wildman–Crippen MR) is 100 cm³/mol. The number of amides is 2. The molecule has 2 amide bonds. The van der Waals surface area contributed by atoms with Gasteiger partial charge in [0.25, 0.3) is 5.91 Å². The van der Waals surface area contributed by atoms with Crippen molar-refractivity contribution in [3.63, 3.8) is 0 Å². The smallest absolute Gasteiger partial charge is 0.266 e. The van der Waals surface area contributed by atoms with Crippen LogP contribution in [0.5, 0.6) is 0 Å². The van der Waals surface area contributed by atoms with E-state index in [1.54, 1.807) is 11.8 Å². The summed E-state index contributed by atoms with van der Waals surface area (Å²) in [5.74, 6) is 0.923. The van der Waals surface area contributed by atoms with E-state index in [0.29, 0.717) is 23.0 Å². The predicted octanol–water partition coefficient (Wildman–Crippen LogP) is 2.64. The molecule has 0 bridgehead atoms. The number of thiophene rings is 1. The van der Waals surface area contributed by atoms with Crippen molar-refractivity contribution in [2.75, 3.05) is 23.9 Å². The summed E-state index contributed by atoms with van der Waals surface area (Å²) in [6.45, 7) is 3.38. The zero-order valence-electron chi connectivity index (χ0n) is 14.3. The van der Waals surface area contributed by atoms with Crippen molar-refractivity contribution in [3.05, 3.63) is 28.1 Å². The number of carbonyl (C=O) groups excluding carboxylic acids is 2. The van der Waals surface area contributed by atoms with Gasteiger partial charge in [-0.3, -0.25) is 9.59 Å². The number of nitrogens with one attached hydrogen (secondary N) is 1. The molecule has 25 heavy (non-hydrogen) atoms. The largest absolute Gasteiger partial charge is 0.334 e. The highest BCUT2D eigenvalue weighted by atomic mass is 32.2. The quantitative estimate of drug-likeness (QED) is 0.835. The number of carbonyl (C=O) groups is 2. The number of thioether (sulfide) groups is 1. The summed E-state index contributed by atoms with van der Waals surface area (Å²) in [6.07, 6.45) is 5.43. The second kappa shape index (κ2) is 8.01. The molecule has 1 saturated heterocycles. The number of likely N-dealkylation sites (tertiary alicyclic amines) is 1. The summed E-state index contributed by atoms with van der Waals surface area (Å²) in [5, 5.41) is 11.0. The fraction of sp³-hybridized carbons (Fsp3) is 0.500. The highest BCUT2D eigenvalue weighted by Gasteiger charge is 2.31. The maximum atomic E-state index is 12.4. The van der Waals surface area contributed by atoms with Crippen LogP contribution in [0, 0.1) is 0 Å². The first-order chi connectivity index (χ1) is 12.1. The van der Waals surface area contributed by atoms with Crippen molar-refractivity contribution >= 4 is 40.7 Å². The van der Waals surface area contributed by atoms with Gasteiger partial charge in [-0.2, -0.15) is 21.7 Å². The summed E-state index contributed by atoms with van der Waals surface area (Å²) >= 11 is 2.98. The van der Waals surface area contributed by atoms with Crippen LogP contribution < -0.4 is 5.32 Å². The Hall–Kier alpha value is -1.87. The van der Waals surface area contributed by atoms with Gasteiger partial charge in [-0.25, -0.2) is 0 Å². The van der Waals surface area contributed by atoms with Crippen LogP contribution in [0.25, 0.3) is 0 Å². The van der Waals surface area contributed by atoms with Gasteiger partial charge in [-0.15, -0.1) is 16.4 Å². The molecule has 1 aliphatic heterocycles. The van der Waals surface area contributed by atoms with Crippen LogP contribution in [-0.4, -0.2) is 50.3 Å². The Morgan fingerprint density at radius 3 is 3.00 bits per heavy atom. The zero-order valence-corrected chi connectivity index (χ0v) is 15.9. The minimum absolute atomic E-state index is 0.0900. The zero-order chi connectivity index (χ0) is 17.8. The third kappa shape index (κ3) is 4.04. The maximum Gasteiger partial charge on any atom is 0.266 e. The molecule has 0 radical (unpaired) electrons. The monoisotopic (exact) mass is 379 g/mol. The van der Waals surface area contributed by atoms with E-state index in [1.165, 1.54) is 22.3 Å². The van der Waals surface area contributed by atoms with Gasteiger partial charge in [-0.05, 0) is 38.2 Å². The summed E-state index contributed by atoms with van der Waals surface area (Å²) in [4.78, 5) is 29.8. The Balaban J connectivity index is 1.68. The van der Waals surface area contributed by atoms with Crippen molar-refractivity contribution in [1.82, 2.24) is 19.9 Å². The van der Waals surface area contributed by atoms with E-state index in [1.807, 2.05) is 30.2 Å². The molecule has 1 atom stereocenters. The van der Waals surface area contributed by atoms with E-state index in [0.717, 1.165) is 24.3 Å². The van der Waals surface area contributed by atoms with Crippen molar-refractivity contribution < 1.29 is 9.59 Å². The molecule has 1 N–H and O–H groups in total.